The van der Waals surface area contributed by atoms with Gasteiger partial charge in [-0.1, -0.05) is 0 Å². The topological polar surface area (TPSA) is 40.2 Å². The minimum absolute atomic E-state index is 0.249. The molecular formula is C28H36NO4S+. The highest BCUT2D eigenvalue weighted by molar-refractivity contribution is 7.97. The molecule has 3 aromatic carbocycles. The summed E-state index contributed by atoms with van der Waals surface area (Å²) in [6, 6.07) is 25.6. The molecule has 34 heavy (non-hydrogen) atoms. The molecule has 0 aliphatic rings. The number of ether oxygens (including phenoxy) is 4. The maximum absolute atomic E-state index is 5.81. The van der Waals surface area contributed by atoms with Crippen molar-refractivity contribution in [1.82, 2.24) is 0 Å². The molecule has 3 rings (SSSR count). The summed E-state index contributed by atoms with van der Waals surface area (Å²) >= 11 is 0. The lowest BCUT2D eigenvalue weighted by molar-refractivity contribution is 0.110. The van der Waals surface area contributed by atoms with Gasteiger partial charge in [0.25, 0.3) is 0 Å². The summed E-state index contributed by atoms with van der Waals surface area (Å²) in [6.07, 6.45) is 0. The molecular weight excluding hydrogens is 446 g/mol. The molecule has 0 atom stereocenters. The van der Waals surface area contributed by atoms with Crippen molar-refractivity contribution in [2.75, 3.05) is 58.6 Å². The highest BCUT2D eigenvalue weighted by Gasteiger charge is 2.29. The molecule has 0 amide bonds. The first kappa shape index (κ1) is 25.9. The third-order valence-corrected chi connectivity index (χ3v) is 7.34. The molecule has 5 nitrogen and oxygen atoms in total. The second-order valence-corrected chi connectivity index (χ2v) is 9.75. The first-order valence-corrected chi connectivity index (χ1v) is 13.0. The van der Waals surface area contributed by atoms with Crippen LogP contribution in [0.25, 0.3) is 0 Å². The predicted octanol–water partition coefficient (Wildman–Crippen LogP) is 5.68. The van der Waals surface area contributed by atoms with Crippen molar-refractivity contribution in [2.45, 2.75) is 28.5 Å². The molecule has 0 N–H and O–H groups in total. The fourth-order valence-electron chi connectivity index (χ4n) is 3.36. The molecule has 0 aliphatic heterocycles. The standard InChI is InChI=1S/C28H36NO4S/c1-5-30-19-21-32-24-9-15-27(16-10-24)34(26-13-7-23(8-14-26)29(3)4)28-17-11-25(12-18-28)33-22-20-31-6-2/h7-18H,5-6,19-22H2,1-4H3/q+1. The van der Waals surface area contributed by atoms with E-state index >= 15 is 0 Å². The average molecular weight is 483 g/mol. The van der Waals surface area contributed by atoms with E-state index in [9.17, 15) is 0 Å². The van der Waals surface area contributed by atoms with Crippen LogP contribution in [-0.4, -0.2) is 53.7 Å². The van der Waals surface area contributed by atoms with Crippen molar-refractivity contribution >= 4 is 16.6 Å². The lowest BCUT2D eigenvalue weighted by atomic mass is 10.3. The third-order valence-electron chi connectivity index (χ3n) is 5.11. The fraction of sp³-hybridized carbons (Fsp3) is 0.357. The van der Waals surface area contributed by atoms with Crippen molar-refractivity contribution in [1.29, 1.82) is 0 Å². The predicted molar refractivity (Wildman–Crippen MR) is 140 cm³/mol. The number of nitrogens with zero attached hydrogens (tertiary/aromatic N) is 1. The highest BCUT2D eigenvalue weighted by atomic mass is 32.2. The summed E-state index contributed by atoms with van der Waals surface area (Å²) < 4.78 is 22.3. The molecule has 0 aromatic heterocycles. The first-order valence-electron chi connectivity index (χ1n) is 11.7. The molecule has 0 spiro atoms. The zero-order valence-electron chi connectivity index (χ0n) is 20.7. The fourth-order valence-corrected chi connectivity index (χ4v) is 5.40. The van der Waals surface area contributed by atoms with Gasteiger partial charge in [0.1, 0.15) is 24.7 Å². The maximum atomic E-state index is 5.81. The minimum atomic E-state index is -0.249. The van der Waals surface area contributed by atoms with Gasteiger partial charge in [0.05, 0.1) is 24.1 Å². The van der Waals surface area contributed by atoms with Gasteiger partial charge in [-0.3, -0.25) is 0 Å². The summed E-state index contributed by atoms with van der Waals surface area (Å²) in [5.41, 5.74) is 1.18. The van der Waals surface area contributed by atoms with E-state index in [0.29, 0.717) is 39.6 Å². The Morgan fingerprint density at radius 1 is 0.559 bits per heavy atom. The maximum Gasteiger partial charge on any atom is 0.166 e. The van der Waals surface area contributed by atoms with Crippen LogP contribution in [0.5, 0.6) is 11.5 Å². The monoisotopic (exact) mass is 482 g/mol. The Hall–Kier alpha value is -2.67. The summed E-state index contributed by atoms with van der Waals surface area (Å²) in [5, 5.41) is 0. The average Bonchev–Trinajstić information content (AvgIpc) is 2.87. The van der Waals surface area contributed by atoms with Crippen LogP contribution in [0.4, 0.5) is 5.69 Å². The lowest BCUT2D eigenvalue weighted by Gasteiger charge is -2.14. The molecule has 0 heterocycles. The Balaban J connectivity index is 1.81. The molecule has 0 bridgehead atoms. The molecule has 0 saturated heterocycles. The van der Waals surface area contributed by atoms with E-state index < -0.39 is 0 Å². The summed E-state index contributed by atoms with van der Waals surface area (Å²) in [4.78, 5) is 5.85. The minimum Gasteiger partial charge on any atom is -0.491 e. The first-order chi connectivity index (χ1) is 16.6. The van der Waals surface area contributed by atoms with Crippen molar-refractivity contribution in [3.8, 4) is 11.5 Å². The molecule has 182 valence electrons. The molecule has 3 aromatic rings. The number of hydrogen-bond acceptors (Lipinski definition) is 5. The summed E-state index contributed by atoms with van der Waals surface area (Å²) in [6.45, 7) is 7.67. The van der Waals surface area contributed by atoms with Crippen LogP contribution in [-0.2, 0) is 20.4 Å². The van der Waals surface area contributed by atoms with Gasteiger partial charge >= 0.3 is 0 Å². The van der Waals surface area contributed by atoms with Crippen molar-refractivity contribution in [3.05, 3.63) is 72.8 Å². The number of rotatable bonds is 14. The van der Waals surface area contributed by atoms with Gasteiger partial charge in [0.15, 0.2) is 14.7 Å². The number of anilines is 1. The largest absolute Gasteiger partial charge is 0.491 e. The van der Waals surface area contributed by atoms with Crippen molar-refractivity contribution in [2.24, 2.45) is 0 Å². The normalized spacial score (nSPS) is 11.0. The van der Waals surface area contributed by atoms with Crippen LogP contribution < -0.4 is 14.4 Å². The van der Waals surface area contributed by atoms with E-state index in [1.807, 2.05) is 38.1 Å². The molecule has 0 fully saturated rings. The molecule has 0 radical (unpaired) electrons. The van der Waals surface area contributed by atoms with Gasteiger partial charge in [0, 0.05) is 33.0 Å². The van der Waals surface area contributed by atoms with E-state index in [0.717, 1.165) is 11.5 Å². The van der Waals surface area contributed by atoms with Crippen LogP contribution in [0.2, 0.25) is 0 Å². The second kappa shape index (κ2) is 13.9. The van der Waals surface area contributed by atoms with E-state index in [4.69, 9.17) is 18.9 Å². The van der Waals surface area contributed by atoms with Crippen LogP contribution in [0.15, 0.2) is 87.5 Å². The quantitative estimate of drug-likeness (QED) is 0.218. The van der Waals surface area contributed by atoms with Crippen LogP contribution in [0, 0.1) is 0 Å². The van der Waals surface area contributed by atoms with Crippen LogP contribution >= 0.6 is 0 Å². The number of hydrogen-bond donors (Lipinski definition) is 0. The Morgan fingerprint density at radius 2 is 0.941 bits per heavy atom. The van der Waals surface area contributed by atoms with E-state index in [-0.39, 0.29) is 10.9 Å². The zero-order valence-corrected chi connectivity index (χ0v) is 21.5. The van der Waals surface area contributed by atoms with Crippen LogP contribution in [0.1, 0.15) is 13.8 Å². The Labute approximate surface area is 207 Å². The zero-order chi connectivity index (χ0) is 24.2. The Bertz CT molecular complexity index is 904. The van der Waals surface area contributed by atoms with Crippen molar-refractivity contribution in [3.63, 3.8) is 0 Å². The van der Waals surface area contributed by atoms with E-state index in [1.165, 1.54) is 20.4 Å². The third kappa shape index (κ3) is 7.69. The van der Waals surface area contributed by atoms with Gasteiger partial charge in [-0.25, -0.2) is 0 Å². The second-order valence-electron chi connectivity index (χ2n) is 7.73. The summed E-state index contributed by atoms with van der Waals surface area (Å²) in [5.74, 6) is 1.71. The molecule has 0 saturated carbocycles. The van der Waals surface area contributed by atoms with Crippen LogP contribution in [0.3, 0.4) is 0 Å². The number of benzene rings is 3. The Kier molecular flexibility index (Phi) is 10.6. The Morgan fingerprint density at radius 3 is 1.29 bits per heavy atom. The van der Waals surface area contributed by atoms with Crippen molar-refractivity contribution < 1.29 is 18.9 Å². The molecule has 0 aliphatic carbocycles. The molecule has 6 heteroatoms. The van der Waals surface area contributed by atoms with Gasteiger partial charge in [-0.15, -0.1) is 0 Å². The van der Waals surface area contributed by atoms with E-state index in [1.54, 1.807) is 0 Å². The van der Waals surface area contributed by atoms with Gasteiger partial charge in [0.2, 0.25) is 0 Å². The van der Waals surface area contributed by atoms with E-state index in [2.05, 4.69) is 67.5 Å². The SMILES string of the molecule is CCOCCOc1ccc([S+](c2ccc(OCCOCC)cc2)c2ccc(N(C)C)cc2)cc1. The highest BCUT2D eigenvalue weighted by Crippen LogP contribution is 2.34. The summed E-state index contributed by atoms with van der Waals surface area (Å²) in [7, 11) is 3.87. The van der Waals surface area contributed by atoms with Gasteiger partial charge in [-0.2, -0.15) is 0 Å². The van der Waals surface area contributed by atoms with Gasteiger partial charge in [-0.05, 0) is 86.6 Å². The smallest absolute Gasteiger partial charge is 0.166 e. The lowest BCUT2D eigenvalue weighted by Crippen LogP contribution is -2.10. The molecule has 0 unspecified atom stereocenters. The van der Waals surface area contributed by atoms with Gasteiger partial charge < -0.3 is 23.8 Å².